The molecule has 0 aliphatic carbocycles. The monoisotopic (exact) mass is 586 g/mol. The van der Waals surface area contributed by atoms with E-state index < -0.39 is 29.2 Å². The van der Waals surface area contributed by atoms with Gasteiger partial charge in [-0.2, -0.15) is 0 Å². The Hall–Kier alpha value is -3.95. The summed E-state index contributed by atoms with van der Waals surface area (Å²) in [7, 11) is 0. The van der Waals surface area contributed by atoms with Crippen LogP contribution in [0.4, 0.5) is 5.13 Å². The zero-order chi connectivity index (χ0) is 27.9. The fourth-order valence-corrected chi connectivity index (χ4v) is 6.53. The van der Waals surface area contributed by atoms with E-state index in [9.17, 15) is 24.3 Å². The first-order valence-corrected chi connectivity index (χ1v) is 14.1. The minimum absolute atomic E-state index is 0.0249. The van der Waals surface area contributed by atoms with Gasteiger partial charge in [-0.1, -0.05) is 35.6 Å². The highest BCUT2D eigenvalue weighted by Crippen LogP contribution is 2.43. The number of pyridine rings is 1. The topological polar surface area (TPSA) is 163 Å². The lowest BCUT2D eigenvalue weighted by Gasteiger charge is -2.49. The summed E-state index contributed by atoms with van der Waals surface area (Å²) in [5.74, 6) is -2.20. The van der Waals surface area contributed by atoms with Gasteiger partial charge in [0.1, 0.15) is 29.4 Å². The van der Waals surface area contributed by atoms with Crippen LogP contribution in [0, 0.1) is 6.92 Å². The number of hydrogen-bond acceptors (Lipinski definition) is 11. The van der Waals surface area contributed by atoms with E-state index in [-0.39, 0.29) is 28.8 Å². The number of thiazole rings is 1. The predicted octanol–water partition coefficient (Wildman–Crippen LogP) is 2.42. The second kappa shape index (κ2) is 12.7. The molecule has 0 aromatic carbocycles. The van der Waals surface area contributed by atoms with Crippen LogP contribution in [0.2, 0.25) is 0 Å². The Labute approximate surface area is 235 Å². The predicted molar refractivity (Wildman–Crippen MR) is 150 cm³/mol. The van der Waals surface area contributed by atoms with Crippen LogP contribution in [0.3, 0.4) is 0 Å². The van der Waals surface area contributed by atoms with Gasteiger partial charge in [-0.3, -0.25) is 24.3 Å². The lowest BCUT2D eigenvalue weighted by Crippen LogP contribution is -2.71. The smallest absolute Gasteiger partial charge is 0.353 e. The summed E-state index contributed by atoms with van der Waals surface area (Å²) in [6.07, 6.45) is 5.41. The van der Waals surface area contributed by atoms with Crippen molar-refractivity contribution in [3.8, 4) is 0 Å². The van der Waals surface area contributed by atoms with E-state index in [4.69, 9.17) is 4.84 Å². The third-order valence-corrected chi connectivity index (χ3v) is 8.45. The van der Waals surface area contributed by atoms with Crippen molar-refractivity contribution in [3.05, 3.63) is 69.3 Å². The van der Waals surface area contributed by atoms with Gasteiger partial charge in [-0.15, -0.1) is 23.1 Å². The van der Waals surface area contributed by atoms with E-state index in [1.165, 1.54) is 39.9 Å². The number of carbonyl (C=O) groups is 4. The van der Waals surface area contributed by atoms with Crippen molar-refractivity contribution in [2.24, 2.45) is 5.16 Å². The number of hydrogen-bond donors (Lipinski definition) is 3. The van der Waals surface area contributed by atoms with Gasteiger partial charge in [-0.05, 0) is 30.0 Å². The highest BCUT2D eigenvalue weighted by atomic mass is 32.2. The van der Waals surface area contributed by atoms with E-state index in [0.29, 0.717) is 17.1 Å². The summed E-state index contributed by atoms with van der Waals surface area (Å²) in [6.45, 7) is 5.43. The number of aryl methyl sites for hydroxylation is 1. The van der Waals surface area contributed by atoms with Crippen LogP contribution < -0.4 is 10.6 Å². The second-order valence-corrected chi connectivity index (χ2v) is 10.9. The average Bonchev–Trinajstić information content (AvgIpc) is 3.38. The van der Waals surface area contributed by atoms with Gasteiger partial charge in [0, 0.05) is 27.9 Å². The molecule has 2 aliphatic rings. The minimum atomic E-state index is -1.23. The first-order valence-electron chi connectivity index (χ1n) is 11.3. The molecule has 12 nitrogen and oxygen atoms in total. The molecule has 15 heteroatoms. The van der Waals surface area contributed by atoms with Crippen LogP contribution in [0.15, 0.2) is 57.5 Å². The number of thioether (sulfide) groups is 2. The number of fused-ring (bicyclic) bond motifs is 1. The maximum Gasteiger partial charge on any atom is 0.353 e. The Morgan fingerprint density at radius 2 is 2.23 bits per heavy atom. The summed E-state index contributed by atoms with van der Waals surface area (Å²) in [6, 6.07) is 2.79. The van der Waals surface area contributed by atoms with Crippen LogP contribution in [0.5, 0.6) is 0 Å². The first-order chi connectivity index (χ1) is 18.8. The number of carbonyl (C=O) groups excluding carboxylic acids is 3. The molecule has 4 rings (SSSR count). The molecule has 39 heavy (non-hydrogen) atoms. The number of aromatic nitrogens is 2. The number of carboxylic acid groups (broad SMARTS) is 1. The van der Waals surface area contributed by atoms with Crippen molar-refractivity contribution in [2.45, 2.75) is 18.3 Å². The number of oxime groups is 1. The standard InChI is InChI=1S/C24H22N6O6S3/c1-3-7-36-29-17(15-10-39-24(27-15)26-12-31)20(32)28-18-21(33)30-19(23(34)35)16(11-38-22(18)30)37-8-6-14-5-4-13(2)25-9-14/h3-6,8-10,12,18,22H,1,7,11H2,2H3,(H,28,32)(H,34,35)(H,26,27,31)/b8-6-,29-17-/t18?,22-/m1/s1. The molecule has 4 heterocycles. The lowest BCUT2D eigenvalue weighted by atomic mass is 10.0. The maximum absolute atomic E-state index is 13.1. The van der Waals surface area contributed by atoms with Gasteiger partial charge >= 0.3 is 5.97 Å². The maximum atomic E-state index is 13.1. The molecule has 0 saturated carbocycles. The molecule has 3 N–H and O–H groups in total. The molecule has 2 aliphatic heterocycles. The fraction of sp³-hybridized carbons (Fsp3) is 0.208. The highest BCUT2D eigenvalue weighted by molar-refractivity contribution is 8.08. The molecule has 1 saturated heterocycles. The summed E-state index contributed by atoms with van der Waals surface area (Å²) in [5.41, 5.74) is 1.56. The van der Waals surface area contributed by atoms with Crippen LogP contribution >= 0.6 is 34.9 Å². The zero-order valence-corrected chi connectivity index (χ0v) is 22.8. The van der Waals surface area contributed by atoms with Crippen molar-refractivity contribution >= 4 is 76.0 Å². The quantitative estimate of drug-likeness (QED) is 0.0840. The van der Waals surface area contributed by atoms with Crippen molar-refractivity contribution in [2.75, 3.05) is 17.7 Å². The molecular formula is C24H22N6O6S3. The summed E-state index contributed by atoms with van der Waals surface area (Å²) >= 11 is 3.63. The molecule has 2 aromatic rings. The number of rotatable bonds is 12. The van der Waals surface area contributed by atoms with Gasteiger partial charge < -0.3 is 20.6 Å². The molecule has 0 radical (unpaired) electrons. The van der Waals surface area contributed by atoms with Gasteiger partial charge in [0.25, 0.3) is 11.8 Å². The van der Waals surface area contributed by atoms with Crippen molar-refractivity contribution in [1.29, 1.82) is 0 Å². The molecule has 2 aromatic heterocycles. The Balaban J connectivity index is 1.48. The average molecular weight is 587 g/mol. The van der Waals surface area contributed by atoms with Crippen molar-refractivity contribution < 1.29 is 29.1 Å². The number of carboxylic acids is 1. The Bertz CT molecular complexity index is 1390. The van der Waals surface area contributed by atoms with Crippen LogP contribution in [-0.2, 0) is 24.0 Å². The third-order valence-electron chi connectivity index (χ3n) is 5.32. The number of anilines is 1. The normalized spacial score (nSPS) is 18.8. The number of nitrogens with zero attached hydrogens (tertiary/aromatic N) is 4. The molecular weight excluding hydrogens is 565 g/mol. The highest BCUT2D eigenvalue weighted by Gasteiger charge is 2.54. The SMILES string of the molecule is C=CCO/N=C(\C(=O)NC1C(=O)N2C(C(=O)O)=C(S/C=C\c3ccc(C)nc3)CS[C@H]12)c1csc(NC=O)n1. The van der Waals surface area contributed by atoms with Gasteiger partial charge in [0.05, 0.1) is 0 Å². The van der Waals surface area contributed by atoms with Crippen LogP contribution in [0.1, 0.15) is 17.0 Å². The first kappa shape index (κ1) is 28.1. The van der Waals surface area contributed by atoms with Gasteiger partial charge in [0.15, 0.2) is 10.8 Å². The third kappa shape index (κ3) is 6.38. The molecule has 1 unspecified atom stereocenters. The van der Waals surface area contributed by atoms with Gasteiger partial charge in [-0.25, -0.2) is 9.78 Å². The summed E-state index contributed by atoms with van der Waals surface area (Å²) in [4.78, 5) is 64.1. The molecule has 0 bridgehead atoms. The van der Waals surface area contributed by atoms with Crippen molar-refractivity contribution in [3.63, 3.8) is 0 Å². The number of aliphatic carboxylic acids is 1. The number of nitrogens with one attached hydrogen (secondary N) is 2. The van der Waals surface area contributed by atoms with Crippen LogP contribution in [0.25, 0.3) is 6.08 Å². The van der Waals surface area contributed by atoms with Gasteiger partial charge in [0.2, 0.25) is 6.41 Å². The van der Waals surface area contributed by atoms with Crippen molar-refractivity contribution in [1.82, 2.24) is 20.2 Å². The lowest BCUT2D eigenvalue weighted by molar-refractivity contribution is -0.150. The molecule has 1 fully saturated rings. The molecule has 3 amide bonds. The van der Waals surface area contributed by atoms with Crippen LogP contribution in [-0.4, -0.2) is 73.7 Å². The summed E-state index contributed by atoms with van der Waals surface area (Å²) in [5, 5.41) is 21.6. The van der Waals surface area contributed by atoms with E-state index in [0.717, 1.165) is 22.6 Å². The summed E-state index contributed by atoms with van der Waals surface area (Å²) < 4.78 is 0. The van der Waals surface area contributed by atoms with E-state index in [1.54, 1.807) is 11.6 Å². The Morgan fingerprint density at radius 1 is 1.41 bits per heavy atom. The fourth-order valence-electron chi connectivity index (χ4n) is 3.52. The second-order valence-electron chi connectivity index (χ2n) is 7.92. The molecule has 0 spiro atoms. The van der Waals surface area contributed by atoms with E-state index >= 15 is 0 Å². The molecule has 2 atom stereocenters. The van der Waals surface area contributed by atoms with E-state index in [1.807, 2.05) is 25.1 Å². The van der Waals surface area contributed by atoms with E-state index in [2.05, 4.69) is 32.3 Å². The largest absolute Gasteiger partial charge is 0.477 e. The number of β-lactam (4-membered cyclic amide) rings is 1. The Kier molecular flexibility index (Phi) is 9.16. The minimum Gasteiger partial charge on any atom is -0.477 e. The molecule has 202 valence electrons. The zero-order valence-electron chi connectivity index (χ0n) is 20.4. The number of amides is 3. The Morgan fingerprint density at radius 3 is 2.92 bits per heavy atom.